The molecular formula is C27H30FN5O8. The van der Waals surface area contributed by atoms with Gasteiger partial charge >= 0.3 is 5.69 Å². The van der Waals surface area contributed by atoms with Gasteiger partial charge in [0, 0.05) is 18.3 Å². The van der Waals surface area contributed by atoms with Gasteiger partial charge in [0.05, 0.1) is 19.8 Å². The number of nitrogens with zero attached hydrogens (tertiary/aromatic N) is 3. The quantitative estimate of drug-likeness (QED) is 0.319. The number of benzene rings is 1. The molecule has 13 nitrogen and oxygen atoms in total. The first kappa shape index (κ1) is 29.6. The van der Waals surface area contributed by atoms with Crippen molar-refractivity contribution in [1.82, 2.24) is 24.4 Å². The number of aromatic nitrogens is 4. The molecule has 1 amide bonds. The summed E-state index contributed by atoms with van der Waals surface area (Å²) in [5, 5.41) is 21.5. The summed E-state index contributed by atoms with van der Waals surface area (Å²) in [6.07, 6.45) is 3.82. The first-order valence-corrected chi connectivity index (χ1v) is 12.7. The number of fused-ring (bicyclic) bond motifs is 1. The van der Waals surface area contributed by atoms with Crippen LogP contribution in [0.5, 0.6) is 5.75 Å². The Morgan fingerprint density at radius 1 is 1.22 bits per heavy atom. The van der Waals surface area contributed by atoms with E-state index in [0.29, 0.717) is 17.7 Å². The maximum Gasteiger partial charge on any atom is 0.330 e. The second kappa shape index (κ2) is 12.0. The van der Waals surface area contributed by atoms with E-state index in [1.54, 1.807) is 32.9 Å². The number of nitrogens with one attached hydrogen (secondary N) is 2. The molecule has 1 aromatic carbocycles. The van der Waals surface area contributed by atoms with Gasteiger partial charge in [0.25, 0.3) is 17.0 Å². The summed E-state index contributed by atoms with van der Waals surface area (Å²) < 4.78 is 26.4. The molecule has 3 aromatic rings. The zero-order valence-electron chi connectivity index (χ0n) is 22.6. The van der Waals surface area contributed by atoms with Crippen LogP contribution in [0.25, 0.3) is 0 Å². The van der Waals surface area contributed by atoms with E-state index in [4.69, 9.17) is 14.6 Å². The molecule has 2 aliphatic heterocycles. The maximum absolute atomic E-state index is 12.9. The minimum atomic E-state index is -0.850. The largest absolute Gasteiger partial charge is 0.501 e. The molecule has 0 saturated heterocycles. The summed E-state index contributed by atoms with van der Waals surface area (Å²) in [4.78, 5) is 53.7. The molecule has 0 saturated carbocycles. The van der Waals surface area contributed by atoms with Gasteiger partial charge in [0.2, 0.25) is 5.75 Å². The molecule has 2 aromatic heterocycles. The molecule has 0 radical (unpaired) electrons. The number of hydrogen-bond donors (Lipinski definition) is 4. The van der Waals surface area contributed by atoms with Gasteiger partial charge in [-0.3, -0.25) is 28.5 Å². The molecule has 41 heavy (non-hydrogen) atoms. The SMILES string of the molecule is CC1(C)OCCn2c1nc(C(=O)NCc1ccc(F)cc1)c(O)c2=O.Cc1cn([C@H]2C=C[C@@H](CO)O2)c(=O)[nH]c1=O. The maximum atomic E-state index is 12.9. The number of carbonyl (C=O) groups excluding carboxylic acids is 1. The summed E-state index contributed by atoms with van der Waals surface area (Å²) in [5.41, 5.74) is -1.69. The topological polar surface area (TPSA) is 178 Å². The number of aromatic hydroxyl groups is 1. The molecule has 0 bridgehead atoms. The molecule has 2 aliphatic rings. The summed E-state index contributed by atoms with van der Waals surface area (Å²) in [7, 11) is 0. The summed E-state index contributed by atoms with van der Waals surface area (Å²) in [6, 6.07) is 5.62. The Morgan fingerprint density at radius 3 is 2.59 bits per heavy atom. The van der Waals surface area contributed by atoms with Crippen LogP contribution in [-0.4, -0.2) is 54.5 Å². The van der Waals surface area contributed by atoms with E-state index >= 15 is 0 Å². The third-order valence-corrected chi connectivity index (χ3v) is 6.45. The van der Waals surface area contributed by atoms with Crippen LogP contribution in [0.4, 0.5) is 4.39 Å². The van der Waals surface area contributed by atoms with Crippen molar-refractivity contribution in [2.45, 2.75) is 51.8 Å². The molecular weight excluding hydrogens is 541 g/mol. The molecule has 0 unspecified atom stereocenters. The van der Waals surface area contributed by atoms with Crippen molar-refractivity contribution in [3.05, 3.63) is 102 Å². The minimum absolute atomic E-state index is 0.110. The van der Waals surface area contributed by atoms with E-state index in [1.807, 2.05) is 0 Å². The van der Waals surface area contributed by atoms with Crippen LogP contribution in [-0.2, 0) is 28.2 Å². The van der Waals surface area contributed by atoms with Crippen LogP contribution in [0.3, 0.4) is 0 Å². The fourth-order valence-electron chi connectivity index (χ4n) is 4.22. The fraction of sp³-hybridized carbons (Fsp3) is 0.370. The highest BCUT2D eigenvalue weighted by atomic mass is 19.1. The zero-order valence-corrected chi connectivity index (χ0v) is 22.6. The number of H-pyrrole nitrogens is 1. The van der Waals surface area contributed by atoms with Crippen LogP contribution in [0.1, 0.15) is 47.5 Å². The Labute approximate surface area is 232 Å². The second-order valence-corrected chi connectivity index (χ2v) is 9.87. The summed E-state index contributed by atoms with van der Waals surface area (Å²) in [6.45, 7) is 5.63. The predicted molar refractivity (Wildman–Crippen MR) is 143 cm³/mol. The van der Waals surface area contributed by atoms with Crippen LogP contribution in [0.15, 0.2) is 57.0 Å². The van der Waals surface area contributed by atoms with Gasteiger partial charge in [-0.15, -0.1) is 0 Å². The Balaban J connectivity index is 0.000000208. The number of amides is 1. The first-order valence-electron chi connectivity index (χ1n) is 12.7. The van der Waals surface area contributed by atoms with Crippen LogP contribution in [0, 0.1) is 12.7 Å². The van der Waals surface area contributed by atoms with Gasteiger partial charge in [-0.2, -0.15) is 0 Å². The fourth-order valence-corrected chi connectivity index (χ4v) is 4.22. The molecule has 5 rings (SSSR count). The Hall–Kier alpha value is -4.40. The molecule has 0 fully saturated rings. The number of hydrogen-bond acceptors (Lipinski definition) is 9. The third kappa shape index (κ3) is 6.51. The number of carbonyl (C=O) groups is 1. The normalized spacial score (nSPS) is 18.8. The molecule has 2 atom stereocenters. The molecule has 4 N–H and O–H groups in total. The lowest BCUT2D eigenvalue weighted by atomic mass is 10.1. The van der Waals surface area contributed by atoms with E-state index in [2.05, 4.69) is 15.3 Å². The molecule has 4 heterocycles. The van der Waals surface area contributed by atoms with E-state index in [1.165, 1.54) is 39.6 Å². The average molecular weight is 572 g/mol. The number of rotatable bonds is 5. The van der Waals surface area contributed by atoms with Gasteiger partial charge in [0.1, 0.15) is 23.3 Å². The average Bonchev–Trinajstić information content (AvgIpc) is 3.42. The van der Waals surface area contributed by atoms with Crippen molar-refractivity contribution in [1.29, 1.82) is 0 Å². The van der Waals surface area contributed by atoms with E-state index < -0.39 is 46.4 Å². The van der Waals surface area contributed by atoms with Crippen molar-refractivity contribution < 1.29 is 28.9 Å². The van der Waals surface area contributed by atoms with E-state index in [-0.39, 0.29) is 37.0 Å². The number of halogens is 1. The van der Waals surface area contributed by atoms with Crippen LogP contribution < -0.4 is 22.1 Å². The lowest BCUT2D eigenvalue weighted by Gasteiger charge is -2.32. The highest BCUT2D eigenvalue weighted by Gasteiger charge is 2.34. The van der Waals surface area contributed by atoms with Gasteiger partial charge in [-0.25, -0.2) is 14.2 Å². The van der Waals surface area contributed by atoms with Gasteiger partial charge in [0.15, 0.2) is 11.9 Å². The number of aryl methyl sites for hydroxylation is 1. The Bertz CT molecular complexity index is 1640. The molecule has 0 spiro atoms. The Kier molecular flexibility index (Phi) is 8.66. The second-order valence-electron chi connectivity index (χ2n) is 9.87. The molecule has 218 valence electrons. The number of ether oxygens (including phenoxy) is 2. The summed E-state index contributed by atoms with van der Waals surface area (Å²) >= 11 is 0. The number of aliphatic hydroxyl groups excluding tert-OH is 1. The highest BCUT2D eigenvalue weighted by Crippen LogP contribution is 2.27. The van der Waals surface area contributed by atoms with E-state index in [9.17, 15) is 28.7 Å². The predicted octanol–water partition coefficient (Wildman–Crippen LogP) is 0.574. The Morgan fingerprint density at radius 2 is 1.93 bits per heavy atom. The third-order valence-electron chi connectivity index (χ3n) is 6.45. The zero-order chi connectivity index (χ0) is 29.9. The van der Waals surface area contributed by atoms with Crippen LogP contribution in [0.2, 0.25) is 0 Å². The number of aliphatic hydroxyl groups is 1. The highest BCUT2D eigenvalue weighted by molar-refractivity contribution is 5.94. The van der Waals surface area contributed by atoms with E-state index in [0.717, 1.165) is 0 Å². The number of aromatic amines is 1. The lowest BCUT2D eigenvalue weighted by Crippen LogP contribution is -2.42. The molecule has 14 heteroatoms. The standard InChI is InChI=1S/C17H18FN3O4.C10H12N2O4/c1-17(2)16-20-12(13(22)15(24)21(16)7-8-25-17)14(23)19-9-10-3-5-11(18)6-4-10;1-6-4-12(10(15)11-9(6)14)8-3-2-7(5-13)16-8/h3-6,22H,7-9H2,1-2H3,(H,19,23);2-4,7-8,13H,5H2,1H3,(H,11,14,15)/t;7-,8+/m.0/s1. The molecule has 0 aliphatic carbocycles. The summed E-state index contributed by atoms with van der Waals surface area (Å²) in [5.74, 6) is -1.48. The van der Waals surface area contributed by atoms with Gasteiger partial charge in [-0.05, 0) is 44.5 Å². The minimum Gasteiger partial charge on any atom is -0.501 e. The van der Waals surface area contributed by atoms with Gasteiger partial charge in [-0.1, -0.05) is 18.2 Å². The van der Waals surface area contributed by atoms with Crippen molar-refractivity contribution in [2.75, 3.05) is 13.2 Å². The monoisotopic (exact) mass is 571 g/mol. The lowest BCUT2D eigenvalue weighted by molar-refractivity contribution is -0.0566. The van der Waals surface area contributed by atoms with Crippen molar-refractivity contribution >= 4 is 5.91 Å². The smallest absolute Gasteiger partial charge is 0.330 e. The van der Waals surface area contributed by atoms with Gasteiger partial charge < -0.3 is 25.0 Å². The van der Waals surface area contributed by atoms with Crippen molar-refractivity contribution in [3.8, 4) is 5.75 Å². The van der Waals surface area contributed by atoms with Crippen LogP contribution >= 0.6 is 0 Å². The van der Waals surface area contributed by atoms with Crippen molar-refractivity contribution in [3.63, 3.8) is 0 Å². The van der Waals surface area contributed by atoms with Crippen molar-refractivity contribution in [2.24, 2.45) is 0 Å². The first-order chi connectivity index (χ1) is 19.4.